The van der Waals surface area contributed by atoms with Crippen LogP contribution >= 0.6 is 0 Å². The van der Waals surface area contributed by atoms with E-state index in [2.05, 4.69) is 0 Å². The number of aliphatic carboxylic acids is 1. The maximum absolute atomic E-state index is 11.1. The number of ether oxygens (including phenoxy) is 1. The van der Waals surface area contributed by atoms with E-state index >= 15 is 0 Å². The van der Waals surface area contributed by atoms with Crippen molar-refractivity contribution in [2.24, 2.45) is 5.73 Å². The highest BCUT2D eigenvalue weighted by Gasteiger charge is 2.45. The van der Waals surface area contributed by atoms with Gasteiger partial charge in [0, 0.05) is 12.3 Å². The van der Waals surface area contributed by atoms with E-state index in [1.54, 1.807) is 0 Å². The minimum Gasteiger partial charge on any atom is -0.478 e. The van der Waals surface area contributed by atoms with Gasteiger partial charge in [0.25, 0.3) is 0 Å². The lowest BCUT2D eigenvalue weighted by atomic mass is 10.1. The Morgan fingerprint density at radius 1 is 1.33 bits per heavy atom. The average Bonchev–Trinajstić information content (AvgIpc) is 2.56. The maximum Gasteiger partial charge on any atom is 0.329 e. The van der Waals surface area contributed by atoms with Gasteiger partial charge >= 0.3 is 12.0 Å². The predicted molar refractivity (Wildman–Crippen MR) is 56.0 cm³/mol. The van der Waals surface area contributed by atoms with Crippen molar-refractivity contribution in [3.63, 3.8) is 0 Å². The van der Waals surface area contributed by atoms with Gasteiger partial charge in [-0.15, -0.1) is 0 Å². The summed E-state index contributed by atoms with van der Waals surface area (Å²) in [7, 11) is 0. The lowest BCUT2D eigenvalue weighted by molar-refractivity contribution is -0.131. The van der Waals surface area contributed by atoms with Gasteiger partial charge in [-0.25, -0.2) is 9.59 Å². The second kappa shape index (κ2) is 5.78. The number of carbonyl (C=O) groups is 2. The normalized spacial score (nSPS) is 31.7. The van der Waals surface area contributed by atoms with Gasteiger partial charge in [-0.3, -0.25) is 4.90 Å². The van der Waals surface area contributed by atoms with Crippen LogP contribution in [0.25, 0.3) is 0 Å². The number of nitrogens with zero attached hydrogens (tertiary/aromatic N) is 1. The first-order valence-electron chi connectivity index (χ1n) is 4.99. The van der Waals surface area contributed by atoms with Crippen molar-refractivity contribution in [1.82, 2.24) is 4.90 Å². The number of nitrogens with two attached hydrogens (primary N) is 1. The fraction of sp³-hybridized carbons (Fsp3) is 0.556. The molecule has 9 heteroatoms. The first kappa shape index (κ1) is 14.4. The number of primary amides is 1. The molecule has 0 aromatic rings. The fourth-order valence-electron chi connectivity index (χ4n) is 1.54. The van der Waals surface area contributed by atoms with E-state index in [1.807, 2.05) is 0 Å². The Hall–Kier alpha value is -1.68. The monoisotopic (exact) mass is 262 g/mol. The van der Waals surface area contributed by atoms with E-state index in [9.17, 15) is 19.8 Å². The molecule has 1 aliphatic rings. The highest BCUT2D eigenvalue weighted by molar-refractivity contribution is 5.81. The number of carboxylic acids is 1. The second-order valence-electron chi connectivity index (χ2n) is 3.63. The third-order valence-corrected chi connectivity index (χ3v) is 2.42. The van der Waals surface area contributed by atoms with Gasteiger partial charge in [0.1, 0.15) is 18.3 Å². The van der Waals surface area contributed by atoms with E-state index < -0.39 is 43.1 Å². The summed E-state index contributed by atoms with van der Waals surface area (Å²) in [5, 5.41) is 36.4. The average molecular weight is 262 g/mol. The summed E-state index contributed by atoms with van der Waals surface area (Å²) in [5.74, 6) is -1.33. The minimum absolute atomic E-state index is 0.566. The SMILES string of the molecule is NC(=O)N(/C=C/C(=O)O)[C@@H]1O[C@H](CO)[C@@H](O)[C@H]1O. The number of carbonyl (C=O) groups excluding carboxylic acids is 1. The molecule has 4 atom stereocenters. The Morgan fingerprint density at radius 2 is 1.94 bits per heavy atom. The first-order chi connectivity index (χ1) is 8.38. The molecule has 6 N–H and O–H groups in total. The standard InChI is InChI=1S/C9H14N2O7/c10-9(17)11(2-1-5(13)14)8-7(16)6(15)4(3-12)18-8/h1-2,4,6-8,12,15-16H,3H2,(H2,10,17)(H,13,14)/b2-1+/t4-,6-,7-,8-/m1/s1. The Labute approximate surface area is 102 Å². The molecule has 0 unspecified atom stereocenters. The van der Waals surface area contributed by atoms with E-state index in [1.165, 1.54) is 0 Å². The minimum atomic E-state index is -1.51. The number of aliphatic hydroxyl groups is 3. The number of aliphatic hydroxyl groups excluding tert-OH is 3. The van der Waals surface area contributed by atoms with Crippen LogP contribution in [0.15, 0.2) is 12.3 Å². The van der Waals surface area contributed by atoms with E-state index in [4.69, 9.17) is 20.7 Å². The number of urea groups is 1. The first-order valence-corrected chi connectivity index (χ1v) is 4.99. The molecule has 0 saturated carbocycles. The number of carboxylic acid groups (broad SMARTS) is 1. The van der Waals surface area contributed by atoms with Crippen LogP contribution in [0.1, 0.15) is 0 Å². The largest absolute Gasteiger partial charge is 0.478 e. The molecule has 1 rings (SSSR count). The van der Waals surface area contributed by atoms with Crippen molar-refractivity contribution < 1.29 is 34.8 Å². The van der Waals surface area contributed by atoms with Crippen LogP contribution in [0.3, 0.4) is 0 Å². The summed E-state index contributed by atoms with van der Waals surface area (Å²) in [5.41, 5.74) is 5.00. The van der Waals surface area contributed by atoms with E-state index in [0.29, 0.717) is 11.0 Å². The second-order valence-corrected chi connectivity index (χ2v) is 3.63. The van der Waals surface area contributed by atoms with Crippen LogP contribution in [0.4, 0.5) is 4.79 Å². The number of amides is 2. The third-order valence-electron chi connectivity index (χ3n) is 2.42. The van der Waals surface area contributed by atoms with Crippen molar-refractivity contribution in [3.8, 4) is 0 Å². The highest BCUT2D eigenvalue weighted by Crippen LogP contribution is 2.24. The molecule has 0 aliphatic carbocycles. The van der Waals surface area contributed by atoms with Crippen LogP contribution in [0.5, 0.6) is 0 Å². The zero-order valence-electron chi connectivity index (χ0n) is 9.21. The quantitative estimate of drug-likeness (QED) is 0.348. The molecule has 0 bridgehead atoms. The Balaban J connectivity index is 2.87. The van der Waals surface area contributed by atoms with Crippen molar-refractivity contribution in [1.29, 1.82) is 0 Å². The molecule has 0 aromatic heterocycles. The van der Waals surface area contributed by atoms with Crippen LogP contribution in [0.2, 0.25) is 0 Å². The van der Waals surface area contributed by atoms with Crippen molar-refractivity contribution in [2.75, 3.05) is 6.61 Å². The van der Waals surface area contributed by atoms with Crippen LogP contribution in [-0.2, 0) is 9.53 Å². The molecule has 0 spiro atoms. The van der Waals surface area contributed by atoms with Gasteiger partial charge in [-0.2, -0.15) is 0 Å². The van der Waals surface area contributed by atoms with Gasteiger partial charge in [0.05, 0.1) is 6.61 Å². The van der Waals surface area contributed by atoms with Crippen LogP contribution in [-0.4, -0.2) is 68.5 Å². The van der Waals surface area contributed by atoms with E-state index in [0.717, 1.165) is 6.20 Å². The molecule has 102 valence electrons. The molecule has 1 saturated heterocycles. The lowest BCUT2D eigenvalue weighted by Crippen LogP contribution is -2.46. The molecule has 18 heavy (non-hydrogen) atoms. The summed E-state index contributed by atoms with van der Waals surface area (Å²) in [6.45, 7) is -0.566. The van der Waals surface area contributed by atoms with Gasteiger partial charge in [0.2, 0.25) is 0 Å². The van der Waals surface area contributed by atoms with Gasteiger partial charge < -0.3 is 30.9 Å². The van der Waals surface area contributed by atoms with Crippen molar-refractivity contribution in [2.45, 2.75) is 24.5 Å². The summed E-state index contributed by atoms with van der Waals surface area (Å²) in [6, 6.07) is -1.07. The van der Waals surface area contributed by atoms with Crippen molar-refractivity contribution in [3.05, 3.63) is 12.3 Å². The van der Waals surface area contributed by atoms with Gasteiger partial charge in [0.15, 0.2) is 6.23 Å². The number of rotatable bonds is 4. The molecule has 1 heterocycles. The third kappa shape index (κ3) is 2.96. The van der Waals surface area contributed by atoms with Crippen LogP contribution in [0, 0.1) is 0 Å². The summed E-state index contributed by atoms with van der Waals surface area (Å²) in [6.07, 6.45) is -3.91. The predicted octanol–water partition coefficient (Wildman–Crippen LogP) is -2.60. The topological polar surface area (TPSA) is 154 Å². The maximum atomic E-state index is 11.1. The highest BCUT2D eigenvalue weighted by atomic mass is 16.6. The molecule has 0 aromatic carbocycles. The number of hydrogen-bond acceptors (Lipinski definition) is 6. The number of hydrogen-bond donors (Lipinski definition) is 5. The zero-order chi connectivity index (χ0) is 13.9. The Morgan fingerprint density at radius 3 is 2.33 bits per heavy atom. The molecular formula is C9H14N2O7. The Bertz CT molecular complexity index is 359. The lowest BCUT2D eigenvalue weighted by Gasteiger charge is -2.25. The zero-order valence-corrected chi connectivity index (χ0v) is 9.21. The molecule has 2 amide bonds. The Kier molecular flexibility index (Phi) is 4.62. The molecular weight excluding hydrogens is 248 g/mol. The molecule has 0 radical (unpaired) electrons. The van der Waals surface area contributed by atoms with E-state index in [-0.39, 0.29) is 0 Å². The molecule has 9 nitrogen and oxygen atoms in total. The van der Waals surface area contributed by atoms with Crippen molar-refractivity contribution >= 4 is 12.0 Å². The molecule has 1 aliphatic heterocycles. The fourth-order valence-corrected chi connectivity index (χ4v) is 1.54. The smallest absolute Gasteiger partial charge is 0.329 e. The summed E-state index contributed by atoms with van der Waals surface area (Å²) >= 11 is 0. The molecule has 1 fully saturated rings. The summed E-state index contributed by atoms with van der Waals surface area (Å²) < 4.78 is 5.02. The van der Waals surface area contributed by atoms with Crippen LogP contribution < -0.4 is 5.73 Å². The summed E-state index contributed by atoms with van der Waals surface area (Å²) in [4.78, 5) is 22.1. The van der Waals surface area contributed by atoms with Gasteiger partial charge in [-0.05, 0) is 0 Å². The van der Waals surface area contributed by atoms with Gasteiger partial charge in [-0.1, -0.05) is 0 Å².